The van der Waals surface area contributed by atoms with Crippen molar-refractivity contribution in [2.24, 2.45) is 7.05 Å². The Kier molecular flexibility index (Phi) is 7.41. The van der Waals surface area contributed by atoms with Crippen LogP contribution >= 0.6 is 0 Å². The molecule has 4 aromatic rings. The van der Waals surface area contributed by atoms with E-state index in [9.17, 15) is 9.59 Å². The number of hydrogen-bond acceptors (Lipinski definition) is 3. The van der Waals surface area contributed by atoms with E-state index in [0.29, 0.717) is 35.3 Å². The summed E-state index contributed by atoms with van der Waals surface area (Å²) in [4.78, 5) is 33.8. The Hall–Kier alpha value is -3.47. The molecule has 0 aliphatic carbocycles. The molecule has 3 aromatic carbocycles. The zero-order valence-corrected chi connectivity index (χ0v) is 20.3. The molecule has 0 aliphatic heterocycles. The summed E-state index contributed by atoms with van der Waals surface area (Å²) in [5.41, 5.74) is 1.25. The molecular weight excluding hydrogens is 422 g/mol. The molecule has 1 atom stereocenters. The molecule has 0 fully saturated rings. The van der Waals surface area contributed by atoms with Gasteiger partial charge in [0.2, 0.25) is 0 Å². The zero-order chi connectivity index (χ0) is 24.1. The maximum Gasteiger partial charge on any atom is 0.261 e. The Bertz CT molecular complexity index is 1360. The van der Waals surface area contributed by atoms with Crippen molar-refractivity contribution in [3.8, 4) is 0 Å². The lowest BCUT2D eigenvalue weighted by Gasteiger charge is -2.32. The predicted molar refractivity (Wildman–Crippen MR) is 139 cm³/mol. The maximum absolute atomic E-state index is 13.9. The average Bonchev–Trinajstić information content (AvgIpc) is 2.87. The van der Waals surface area contributed by atoms with Crippen LogP contribution in [-0.4, -0.2) is 26.9 Å². The van der Waals surface area contributed by atoms with E-state index in [4.69, 9.17) is 4.98 Å². The highest BCUT2D eigenvalue weighted by Gasteiger charge is 2.28. The van der Waals surface area contributed by atoms with E-state index in [-0.39, 0.29) is 17.5 Å². The van der Waals surface area contributed by atoms with Crippen molar-refractivity contribution < 1.29 is 4.79 Å². The van der Waals surface area contributed by atoms with Crippen molar-refractivity contribution in [2.75, 3.05) is 6.54 Å². The lowest BCUT2D eigenvalue weighted by atomic mass is 10.0. The Morgan fingerprint density at radius 1 is 0.941 bits per heavy atom. The zero-order valence-electron chi connectivity index (χ0n) is 20.3. The van der Waals surface area contributed by atoms with Gasteiger partial charge in [-0.05, 0) is 47.9 Å². The summed E-state index contributed by atoms with van der Waals surface area (Å²) in [6.07, 6.45) is 4.94. The third-order valence-electron chi connectivity index (χ3n) is 6.59. The van der Waals surface area contributed by atoms with Crippen LogP contribution in [0.4, 0.5) is 0 Å². The molecule has 0 aliphatic rings. The Labute approximate surface area is 201 Å². The molecule has 1 heterocycles. The van der Waals surface area contributed by atoms with Crippen molar-refractivity contribution in [1.82, 2.24) is 14.5 Å². The molecule has 1 amide bonds. The molecule has 0 saturated carbocycles. The van der Waals surface area contributed by atoms with Gasteiger partial charge in [0, 0.05) is 19.2 Å². The molecule has 176 valence electrons. The highest BCUT2D eigenvalue weighted by atomic mass is 16.2. The van der Waals surface area contributed by atoms with Gasteiger partial charge < -0.3 is 4.90 Å². The third kappa shape index (κ3) is 4.74. The van der Waals surface area contributed by atoms with Crippen LogP contribution in [0, 0.1) is 0 Å². The van der Waals surface area contributed by atoms with E-state index < -0.39 is 0 Å². The van der Waals surface area contributed by atoms with E-state index in [1.165, 1.54) is 0 Å². The fraction of sp³-hybridized carbons (Fsp3) is 0.345. The lowest BCUT2D eigenvalue weighted by Crippen LogP contribution is -2.39. The second-order valence-electron chi connectivity index (χ2n) is 8.90. The van der Waals surface area contributed by atoms with E-state index >= 15 is 0 Å². The monoisotopic (exact) mass is 455 g/mol. The molecule has 4 rings (SSSR count). The number of amides is 1. The summed E-state index contributed by atoms with van der Waals surface area (Å²) >= 11 is 0. The van der Waals surface area contributed by atoms with Gasteiger partial charge in [-0.25, -0.2) is 4.98 Å². The molecule has 0 radical (unpaired) electrons. The van der Waals surface area contributed by atoms with Crippen molar-refractivity contribution >= 4 is 27.6 Å². The van der Waals surface area contributed by atoms with Crippen LogP contribution < -0.4 is 5.56 Å². The number of benzene rings is 3. The van der Waals surface area contributed by atoms with E-state index in [2.05, 4.69) is 19.9 Å². The van der Waals surface area contributed by atoms with E-state index in [1.807, 2.05) is 59.5 Å². The van der Waals surface area contributed by atoms with Gasteiger partial charge >= 0.3 is 0 Å². The second kappa shape index (κ2) is 10.6. The minimum Gasteiger partial charge on any atom is -0.328 e. The second-order valence-corrected chi connectivity index (χ2v) is 8.90. The van der Waals surface area contributed by atoms with Crippen LogP contribution in [0.5, 0.6) is 0 Å². The number of carbonyl (C=O) groups excluding carboxylic acids is 1. The number of nitrogens with zero attached hydrogens (tertiary/aromatic N) is 3. The molecule has 0 bridgehead atoms. The standard InChI is InChI=1S/C29H33N3O2/c1-4-6-7-12-19-32(28(33)23-18-17-21-13-8-9-14-22(21)20-23)26(5-2)27-30-25-16-11-10-15-24(25)29(34)31(27)3/h8-11,13-18,20,26H,4-7,12,19H2,1-3H3. The first-order valence-electron chi connectivity index (χ1n) is 12.3. The van der Waals surface area contributed by atoms with E-state index in [1.54, 1.807) is 17.7 Å². The Morgan fingerprint density at radius 3 is 2.44 bits per heavy atom. The summed E-state index contributed by atoms with van der Waals surface area (Å²) in [5, 5.41) is 2.75. The number of unbranched alkanes of at least 4 members (excludes halogenated alkanes) is 3. The summed E-state index contributed by atoms with van der Waals surface area (Å²) in [7, 11) is 1.76. The summed E-state index contributed by atoms with van der Waals surface area (Å²) in [6, 6.07) is 21.1. The number of carbonyl (C=O) groups is 1. The van der Waals surface area contributed by atoms with Gasteiger partial charge in [0.25, 0.3) is 11.5 Å². The third-order valence-corrected chi connectivity index (χ3v) is 6.59. The van der Waals surface area contributed by atoms with Gasteiger partial charge in [-0.15, -0.1) is 0 Å². The fourth-order valence-electron chi connectivity index (χ4n) is 4.67. The van der Waals surface area contributed by atoms with Crippen LogP contribution in [0.25, 0.3) is 21.7 Å². The van der Waals surface area contributed by atoms with Crippen LogP contribution in [0.15, 0.2) is 71.5 Å². The highest BCUT2D eigenvalue weighted by molar-refractivity contribution is 5.98. The van der Waals surface area contributed by atoms with Gasteiger partial charge in [-0.3, -0.25) is 14.2 Å². The van der Waals surface area contributed by atoms with Gasteiger partial charge in [0.15, 0.2) is 0 Å². The van der Waals surface area contributed by atoms with Crippen LogP contribution in [0.2, 0.25) is 0 Å². The Morgan fingerprint density at radius 2 is 1.68 bits per heavy atom. The molecule has 1 aromatic heterocycles. The molecule has 0 saturated heterocycles. The van der Waals surface area contributed by atoms with Gasteiger partial charge in [-0.1, -0.05) is 75.6 Å². The normalized spacial score (nSPS) is 12.2. The number of hydrogen-bond donors (Lipinski definition) is 0. The minimum absolute atomic E-state index is 0.0171. The first-order valence-corrected chi connectivity index (χ1v) is 12.3. The molecular formula is C29H33N3O2. The first-order chi connectivity index (χ1) is 16.5. The van der Waals surface area contributed by atoms with Crippen molar-refractivity contribution in [3.05, 3.63) is 88.5 Å². The lowest BCUT2D eigenvalue weighted by molar-refractivity contribution is 0.0653. The molecule has 0 N–H and O–H groups in total. The topological polar surface area (TPSA) is 55.2 Å². The minimum atomic E-state index is -0.289. The van der Waals surface area contributed by atoms with Crippen LogP contribution in [0.3, 0.4) is 0 Å². The van der Waals surface area contributed by atoms with Crippen molar-refractivity contribution in [2.45, 2.75) is 52.0 Å². The summed E-state index contributed by atoms with van der Waals surface area (Å²) in [6.45, 7) is 4.87. The quantitative estimate of drug-likeness (QED) is 0.280. The average molecular weight is 456 g/mol. The van der Waals surface area contributed by atoms with Gasteiger partial charge in [0.1, 0.15) is 5.82 Å². The summed E-state index contributed by atoms with van der Waals surface area (Å²) < 4.78 is 1.61. The Balaban J connectivity index is 1.76. The van der Waals surface area contributed by atoms with Gasteiger partial charge in [-0.2, -0.15) is 0 Å². The molecule has 5 heteroatoms. The number of para-hydroxylation sites is 1. The highest BCUT2D eigenvalue weighted by Crippen LogP contribution is 2.27. The molecule has 0 spiro atoms. The summed E-state index contributed by atoms with van der Waals surface area (Å²) in [5.74, 6) is 0.618. The van der Waals surface area contributed by atoms with Gasteiger partial charge in [0.05, 0.1) is 16.9 Å². The number of fused-ring (bicyclic) bond motifs is 2. The van der Waals surface area contributed by atoms with Crippen molar-refractivity contribution in [3.63, 3.8) is 0 Å². The fourth-order valence-corrected chi connectivity index (χ4v) is 4.67. The smallest absolute Gasteiger partial charge is 0.261 e. The van der Waals surface area contributed by atoms with Crippen LogP contribution in [-0.2, 0) is 7.05 Å². The molecule has 5 nitrogen and oxygen atoms in total. The largest absolute Gasteiger partial charge is 0.328 e. The molecule has 1 unspecified atom stereocenters. The predicted octanol–water partition coefficient (Wildman–Crippen LogP) is 6.26. The maximum atomic E-state index is 13.9. The van der Waals surface area contributed by atoms with E-state index in [0.717, 1.165) is 36.5 Å². The van der Waals surface area contributed by atoms with Crippen LogP contribution in [0.1, 0.15) is 68.2 Å². The number of rotatable bonds is 9. The first kappa shape index (κ1) is 23.7. The SMILES string of the molecule is CCCCCCN(C(=O)c1ccc2ccccc2c1)C(CC)c1nc2ccccc2c(=O)n1C. The van der Waals surface area contributed by atoms with Crippen molar-refractivity contribution in [1.29, 1.82) is 0 Å². The molecule has 34 heavy (non-hydrogen) atoms. The number of aromatic nitrogens is 2.